The number of rotatable bonds is 9. The first-order chi connectivity index (χ1) is 14.9. The van der Waals surface area contributed by atoms with Crippen LogP contribution >= 0.6 is 8.58 Å². The van der Waals surface area contributed by atoms with Gasteiger partial charge in [-0.3, -0.25) is 4.99 Å². The molecular weight excluding hydrogens is 401 g/mol. The van der Waals surface area contributed by atoms with Crippen molar-refractivity contribution in [3.05, 3.63) is 94.5 Å². The number of nitrogens with zero attached hydrogens (tertiary/aromatic N) is 1. The first-order valence-electron chi connectivity index (χ1n) is 10.5. The quantitative estimate of drug-likeness (QED) is 0.241. The summed E-state index contributed by atoms with van der Waals surface area (Å²) in [7, 11) is 4.04. The Labute approximate surface area is 188 Å². The van der Waals surface area contributed by atoms with Crippen LogP contribution in [0.5, 0.6) is 5.75 Å². The zero-order valence-corrected chi connectivity index (χ0v) is 20.1. The van der Waals surface area contributed by atoms with Crippen LogP contribution in [0.3, 0.4) is 0 Å². The fourth-order valence-electron chi connectivity index (χ4n) is 3.70. The van der Waals surface area contributed by atoms with E-state index in [2.05, 4.69) is 92.5 Å². The van der Waals surface area contributed by atoms with Gasteiger partial charge < -0.3 is 9.47 Å². The van der Waals surface area contributed by atoms with Crippen LogP contribution in [-0.2, 0) is 16.3 Å². The van der Waals surface area contributed by atoms with Crippen LogP contribution in [0.15, 0.2) is 71.7 Å². The summed E-state index contributed by atoms with van der Waals surface area (Å²) < 4.78 is 11.2. The predicted octanol–water partition coefficient (Wildman–Crippen LogP) is 5.86. The maximum atomic E-state index is 5.97. The molecule has 162 valence electrons. The average molecular weight is 434 g/mol. The summed E-state index contributed by atoms with van der Waals surface area (Å²) in [6.07, 6.45) is 2.86. The van der Waals surface area contributed by atoms with Crippen LogP contribution < -0.4 is 10.0 Å². The molecule has 3 nitrogen and oxygen atoms in total. The lowest BCUT2D eigenvalue weighted by atomic mass is 9.96. The predicted molar refractivity (Wildman–Crippen MR) is 134 cm³/mol. The molecule has 31 heavy (non-hydrogen) atoms. The number of hydrogen-bond acceptors (Lipinski definition) is 3. The molecule has 3 rings (SSSR count). The molecule has 0 saturated heterocycles. The summed E-state index contributed by atoms with van der Waals surface area (Å²) in [5.41, 5.74) is 6.22. The Morgan fingerprint density at radius 2 is 1.74 bits per heavy atom. The van der Waals surface area contributed by atoms with Gasteiger partial charge in [-0.05, 0) is 47.5 Å². The highest BCUT2D eigenvalue weighted by molar-refractivity contribution is 7.48. The number of aryl methyl sites for hydroxylation is 1. The molecule has 0 spiro atoms. The molecule has 0 aliphatic rings. The molecule has 0 heterocycles. The molecule has 0 aromatic heterocycles. The topological polar surface area (TPSA) is 30.8 Å². The number of ether oxygens (including phenoxy) is 2. The lowest BCUT2D eigenvalue weighted by Gasteiger charge is -2.29. The summed E-state index contributed by atoms with van der Waals surface area (Å²) in [5, 5.41) is 1.20. The Morgan fingerprint density at radius 1 is 0.968 bits per heavy atom. The summed E-state index contributed by atoms with van der Waals surface area (Å²) in [5.74, 6) is 0.883. The molecular formula is C27H32NO2P. The van der Waals surface area contributed by atoms with E-state index in [9.17, 15) is 0 Å². The third-order valence-corrected chi connectivity index (χ3v) is 6.84. The van der Waals surface area contributed by atoms with Crippen molar-refractivity contribution in [1.82, 2.24) is 0 Å². The van der Waals surface area contributed by atoms with Crippen LogP contribution in [0, 0.1) is 6.92 Å². The maximum Gasteiger partial charge on any atom is 0.188 e. The highest BCUT2D eigenvalue weighted by Crippen LogP contribution is 2.45. The second kappa shape index (κ2) is 10.7. The van der Waals surface area contributed by atoms with E-state index in [0.29, 0.717) is 8.58 Å². The van der Waals surface area contributed by atoms with E-state index in [1.165, 1.54) is 33.1 Å². The fraction of sp³-hybridized carbons (Fsp3) is 0.296. The molecule has 0 fully saturated rings. The van der Waals surface area contributed by atoms with Gasteiger partial charge in [-0.25, -0.2) is 0 Å². The zero-order chi connectivity index (χ0) is 22.3. The van der Waals surface area contributed by atoms with Gasteiger partial charge in [0.25, 0.3) is 0 Å². The third-order valence-electron chi connectivity index (χ3n) is 5.22. The largest absolute Gasteiger partial charge is 0.467 e. The number of benzene rings is 3. The molecule has 4 heteroatoms. The Morgan fingerprint density at radius 3 is 2.45 bits per heavy atom. The van der Waals surface area contributed by atoms with Gasteiger partial charge in [0.1, 0.15) is 5.75 Å². The summed E-state index contributed by atoms with van der Waals surface area (Å²) >= 11 is 0. The van der Waals surface area contributed by atoms with Gasteiger partial charge in [0.15, 0.2) is 6.79 Å². The lowest BCUT2D eigenvalue weighted by Crippen LogP contribution is -2.19. The molecule has 0 N–H and O–H groups in total. The van der Waals surface area contributed by atoms with Crippen molar-refractivity contribution in [2.24, 2.45) is 4.99 Å². The van der Waals surface area contributed by atoms with Crippen LogP contribution in [-0.4, -0.2) is 27.2 Å². The molecule has 1 unspecified atom stereocenters. The van der Waals surface area contributed by atoms with Gasteiger partial charge in [-0.1, -0.05) is 82.6 Å². The second-order valence-electron chi connectivity index (χ2n) is 8.27. The van der Waals surface area contributed by atoms with E-state index in [4.69, 9.17) is 9.47 Å². The van der Waals surface area contributed by atoms with Gasteiger partial charge in [0.05, 0.1) is 0 Å². The average Bonchev–Trinajstić information content (AvgIpc) is 2.75. The summed E-state index contributed by atoms with van der Waals surface area (Å²) in [4.78, 5) is 4.27. The number of aliphatic imine (C=N–C) groups is 1. The van der Waals surface area contributed by atoms with Gasteiger partial charge in [-0.2, -0.15) is 0 Å². The van der Waals surface area contributed by atoms with Crippen LogP contribution in [0.4, 0.5) is 0 Å². The van der Waals surface area contributed by atoms with Gasteiger partial charge >= 0.3 is 0 Å². The maximum absolute atomic E-state index is 5.97. The highest BCUT2D eigenvalue weighted by Gasteiger charge is 2.26. The van der Waals surface area contributed by atoms with Crippen molar-refractivity contribution >= 4 is 20.1 Å². The van der Waals surface area contributed by atoms with E-state index in [1.54, 1.807) is 7.11 Å². The number of hydrogen-bond donors (Lipinski definition) is 0. The Hall–Kier alpha value is -2.48. The Kier molecular flexibility index (Phi) is 8.01. The minimum atomic E-state index is -0.110. The first-order valence-corrected chi connectivity index (χ1v) is 11.5. The fourth-order valence-corrected chi connectivity index (χ4v) is 5.15. The van der Waals surface area contributed by atoms with Crippen molar-refractivity contribution in [2.45, 2.75) is 32.3 Å². The third kappa shape index (κ3) is 6.26. The Balaban J connectivity index is 1.98. The van der Waals surface area contributed by atoms with E-state index in [-0.39, 0.29) is 11.9 Å². The molecule has 0 saturated carbocycles. The smallest absolute Gasteiger partial charge is 0.188 e. The normalized spacial score (nSPS) is 12.2. The van der Waals surface area contributed by atoms with E-state index in [1.807, 2.05) is 13.3 Å². The highest BCUT2D eigenvalue weighted by atomic mass is 31.1. The monoisotopic (exact) mass is 433 g/mol. The molecule has 3 aromatic rings. The van der Waals surface area contributed by atoms with E-state index in [0.717, 1.165) is 12.2 Å². The van der Waals surface area contributed by atoms with Crippen molar-refractivity contribution < 1.29 is 9.47 Å². The minimum Gasteiger partial charge on any atom is -0.467 e. The standard InChI is InChI=1S/C27H32NO2P/c1-20-11-14-26(23(15-20)18-28-4)31-27(2,3)24-17-22(12-13-25(24)30-19-29-5)16-21-9-7-6-8-10-21/h6-15,17-18,31H,16,19H2,1-5H3/b28-18+. The van der Waals surface area contributed by atoms with Gasteiger partial charge in [0.2, 0.25) is 0 Å². The van der Waals surface area contributed by atoms with Crippen LogP contribution in [0.2, 0.25) is 0 Å². The molecule has 1 atom stereocenters. The lowest BCUT2D eigenvalue weighted by molar-refractivity contribution is 0.0501. The van der Waals surface area contributed by atoms with Crippen molar-refractivity contribution in [3.8, 4) is 5.75 Å². The summed E-state index contributed by atoms with van der Waals surface area (Å²) in [6, 6.07) is 23.7. The first kappa shape index (κ1) is 23.2. The molecule has 0 aliphatic heterocycles. The molecule has 0 amide bonds. The minimum absolute atomic E-state index is 0.110. The van der Waals surface area contributed by atoms with Crippen LogP contribution in [0.25, 0.3) is 0 Å². The van der Waals surface area contributed by atoms with Crippen molar-refractivity contribution in [1.29, 1.82) is 0 Å². The van der Waals surface area contributed by atoms with Gasteiger partial charge in [0, 0.05) is 31.1 Å². The molecule has 3 aromatic carbocycles. The SMILES string of the molecule is C/N=C/c1cc(C)ccc1PC(C)(C)c1cc(Cc2ccccc2)ccc1OCOC. The van der Waals surface area contributed by atoms with Crippen molar-refractivity contribution in [3.63, 3.8) is 0 Å². The molecule has 0 bridgehead atoms. The van der Waals surface area contributed by atoms with E-state index < -0.39 is 0 Å². The molecule has 0 radical (unpaired) electrons. The summed E-state index contributed by atoms with van der Waals surface area (Å²) in [6.45, 7) is 6.94. The van der Waals surface area contributed by atoms with Crippen LogP contribution in [0.1, 0.15) is 41.7 Å². The molecule has 0 aliphatic carbocycles. The van der Waals surface area contributed by atoms with Crippen molar-refractivity contribution in [2.75, 3.05) is 21.0 Å². The van der Waals surface area contributed by atoms with E-state index >= 15 is 0 Å². The second-order valence-corrected chi connectivity index (χ2v) is 10.3. The zero-order valence-electron chi connectivity index (χ0n) is 19.1. The Bertz CT molecular complexity index is 1030. The van der Waals surface area contributed by atoms with Gasteiger partial charge in [-0.15, -0.1) is 0 Å². The number of methoxy groups -OCH3 is 1.